The summed E-state index contributed by atoms with van der Waals surface area (Å²) >= 11 is 0. The van der Waals surface area contributed by atoms with Crippen molar-refractivity contribution in [1.82, 2.24) is 5.32 Å². The number of aliphatic hydroxyl groups excluding tert-OH is 7. The molecule has 54 heavy (non-hydrogen) atoms. The van der Waals surface area contributed by atoms with Gasteiger partial charge >= 0.3 is 0 Å². The fraction of sp³-hybridized carbons (Fsp3) is 0.884. The molecule has 8 N–H and O–H groups in total. The van der Waals surface area contributed by atoms with Gasteiger partial charge in [0.25, 0.3) is 0 Å². The first kappa shape index (κ1) is 50.6. The van der Waals surface area contributed by atoms with Crippen LogP contribution in [0.4, 0.5) is 0 Å². The molecule has 0 radical (unpaired) electrons. The molecule has 1 aliphatic heterocycles. The van der Waals surface area contributed by atoms with Crippen molar-refractivity contribution < 1.29 is 50.0 Å². The summed E-state index contributed by atoms with van der Waals surface area (Å²) in [4.78, 5) is 13.0. The molecule has 11 heteroatoms. The SMILES string of the molecule is C/C=C/CC/C=C/CCCC(O)C(O)C(COC1OC(CO)C(O)C(O)C1O)NC(=O)C(O)CCCCCCCCCCCCCCCCCCCCC. The lowest BCUT2D eigenvalue weighted by Gasteiger charge is -2.40. The number of hydrogen-bond donors (Lipinski definition) is 8. The topological polar surface area (TPSA) is 189 Å². The van der Waals surface area contributed by atoms with E-state index in [-0.39, 0.29) is 12.8 Å². The van der Waals surface area contributed by atoms with Crippen LogP contribution < -0.4 is 5.32 Å². The molecule has 0 aromatic rings. The average molecular weight is 772 g/mol. The van der Waals surface area contributed by atoms with E-state index in [1.807, 2.05) is 19.1 Å². The molecule has 9 atom stereocenters. The standard InChI is InChI=1S/C43H81NO10/c1-3-5-7-9-11-13-14-15-16-17-18-19-20-21-22-23-25-27-29-31-36(47)42(52)44-34(33-53-43-41(51)40(50)39(49)37(32-45)54-43)38(48)35(46)30-28-26-24-12-10-8-6-4-2/h4,6,12,24,34-41,43,45-51H,3,5,7-11,13-23,25-33H2,1-2H3,(H,44,52)/b6-4+,24-12+. The summed E-state index contributed by atoms with van der Waals surface area (Å²) in [6.45, 7) is 3.16. The van der Waals surface area contributed by atoms with Gasteiger partial charge in [0.2, 0.25) is 5.91 Å². The molecule has 0 saturated carbocycles. The molecular formula is C43H81NO10. The second-order valence-electron chi connectivity index (χ2n) is 15.4. The second kappa shape index (κ2) is 33.7. The van der Waals surface area contributed by atoms with Gasteiger partial charge in [-0.25, -0.2) is 0 Å². The third-order valence-electron chi connectivity index (χ3n) is 10.6. The first-order valence-electron chi connectivity index (χ1n) is 21.7. The van der Waals surface area contributed by atoms with Gasteiger partial charge in [-0.05, 0) is 45.4 Å². The van der Waals surface area contributed by atoms with Gasteiger partial charge in [0.05, 0.1) is 25.4 Å². The van der Waals surface area contributed by atoms with Crippen molar-refractivity contribution in [2.45, 2.75) is 229 Å². The Bertz CT molecular complexity index is 934. The normalized spacial score (nSPS) is 22.9. The van der Waals surface area contributed by atoms with E-state index in [1.54, 1.807) is 0 Å². The lowest BCUT2D eigenvalue weighted by molar-refractivity contribution is -0.303. The van der Waals surface area contributed by atoms with Crippen LogP contribution in [0.5, 0.6) is 0 Å². The molecular weight excluding hydrogens is 690 g/mol. The Morgan fingerprint density at radius 3 is 1.69 bits per heavy atom. The molecule has 0 aromatic carbocycles. The molecule has 0 spiro atoms. The molecule has 1 rings (SSSR count). The largest absolute Gasteiger partial charge is 0.394 e. The average Bonchev–Trinajstić information content (AvgIpc) is 3.17. The minimum atomic E-state index is -1.67. The van der Waals surface area contributed by atoms with Crippen molar-refractivity contribution in [3.05, 3.63) is 24.3 Å². The van der Waals surface area contributed by atoms with Crippen molar-refractivity contribution in [1.29, 1.82) is 0 Å². The zero-order chi connectivity index (χ0) is 39.8. The fourth-order valence-corrected chi connectivity index (χ4v) is 6.93. The molecule has 0 aromatic heterocycles. The number of hydrogen-bond acceptors (Lipinski definition) is 10. The van der Waals surface area contributed by atoms with Crippen LogP contribution in [0.1, 0.15) is 174 Å². The molecule has 1 saturated heterocycles. The fourth-order valence-electron chi connectivity index (χ4n) is 6.93. The third kappa shape index (κ3) is 23.6. The van der Waals surface area contributed by atoms with Crippen LogP contribution in [0.3, 0.4) is 0 Å². The van der Waals surface area contributed by atoms with Gasteiger partial charge < -0.3 is 50.5 Å². The van der Waals surface area contributed by atoms with E-state index in [0.29, 0.717) is 19.3 Å². The van der Waals surface area contributed by atoms with Crippen LogP contribution in [0.25, 0.3) is 0 Å². The maximum Gasteiger partial charge on any atom is 0.249 e. The maximum absolute atomic E-state index is 13.0. The van der Waals surface area contributed by atoms with Gasteiger partial charge in [-0.3, -0.25) is 4.79 Å². The quantitative estimate of drug-likeness (QED) is 0.0269. The summed E-state index contributed by atoms with van der Waals surface area (Å²) in [7, 11) is 0. The Morgan fingerprint density at radius 1 is 0.667 bits per heavy atom. The maximum atomic E-state index is 13.0. The number of ether oxygens (including phenoxy) is 2. The van der Waals surface area contributed by atoms with Crippen molar-refractivity contribution in [2.24, 2.45) is 0 Å². The molecule has 11 nitrogen and oxygen atoms in total. The number of unbranched alkanes of at least 4 members (excludes halogenated alkanes) is 20. The van der Waals surface area contributed by atoms with E-state index in [4.69, 9.17) is 9.47 Å². The Morgan fingerprint density at radius 2 is 1.17 bits per heavy atom. The molecule has 1 amide bonds. The van der Waals surface area contributed by atoms with Crippen LogP contribution in [-0.4, -0.2) is 110 Å². The molecule has 1 heterocycles. The van der Waals surface area contributed by atoms with Gasteiger partial charge in [0.1, 0.15) is 36.6 Å². The third-order valence-corrected chi connectivity index (χ3v) is 10.6. The van der Waals surface area contributed by atoms with E-state index < -0.39 is 74.2 Å². The Balaban J connectivity index is 2.40. The number of amides is 1. The minimum Gasteiger partial charge on any atom is -0.394 e. The number of rotatable bonds is 35. The smallest absolute Gasteiger partial charge is 0.249 e. The Labute approximate surface area is 327 Å². The first-order valence-corrected chi connectivity index (χ1v) is 21.7. The van der Waals surface area contributed by atoms with Gasteiger partial charge in [0.15, 0.2) is 6.29 Å². The zero-order valence-corrected chi connectivity index (χ0v) is 34.0. The van der Waals surface area contributed by atoms with E-state index in [9.17, 15) is 40.5 Å². The summed E-state index contributed by atoms with van der Waals surface area (Å²) in [5.41, 5.74) is 0. The molecule has 1 aliphatic rings. The first-order chi connectivity index (χ1) is 26.2. The number of aliphatic hydroxyl groups is 7. The highest BCUT2D eigenvalue weighted by Crippen LogP contribution is 2.23. The molecule has 0 aliphatic carbocycles. The Kier molecular flexibility index (Phi) is 31.6. The van der Waals surface area contributed by atoms with Crippen LogP contribution in [-0.2, 0) is 14.3 Å². The molecule has 0 bridgehead atoms. The van der Waals surface area contributed by atoms with Crippen molar-refractivity contribution in [2.75, 3.05) is 13.2 Å². The highest BCUT2D eigenvalue weighted by molar-refractivity contribution is 5.80. The monoisotopic (exact) mass is 772 g/mol. The summed E-state index contributed by atoms with van der Waals surface area (Å²) in [6.07, 6.45) is 24.2. The van der Waals surface area contributed by atoms with Gasteiger partial charge in [-0.2, -0.15) is 0 Å². The minimum absolute atomic E-state index is 0.245. The summed E-state index contributed by atoms with van der Waals surface area (Å²) < 4.78 is 11.0. The van der Waals surface area contributed by atoms with Crippen LogP contribution >= 0.6 is 0 Å². The predicted octanol–water partition coefficient (Wildman–Crippen LogP) is 6.28. The summed E-state index contributed by atoms with van der Waals surface area (Å²) in [6, 6.07) is -1.18. The highest BCUT2D eigenvalue weighted by Gasteiger charge is 2.44. The van der Waals surface area contributed by atoms with Crippen LogP contribution in [0.15, 0.2) is 24.3 Å². The van der Waals surface area contributed by atoms with Crippen molar-refractivity contribution in [3.8, 4) is 0 Å². The van der Waals surface area contributed by atoms with Crippen LogP contribution in [0, 0.1) is 0 Å². The number of allylic oxidation sites excluding steroid dienone is 4. The van der Waals surface area contributed by atoms with Crippen molar-refractivity contribution in [3.63, 3.8) is 0 Å². The van der Waals surface area contributed by atoms with Gasteiger partial charge in [0, 0.05) is 0 Å². The van der Waals surface area contributed by atoms with Gasteiger partial charge in [-0.1, -0.05) is 153 Å². The number of carbonyl (C=O) groups excluding carboxylic acids is 1. The number of carbonyl (C=O) groups is 1. The predicted molar refractivity (Wildman–Crippen MR) is 215 cm³/mol. The Hall–Kier alpha value is -1.41. The van der Waals surface area contributed by atoms with E-state index in [2.05, 4.69) is 24.4 Å². The van der Waals surface area contributed by atoms with E-state index >= 15 is 0 Å². The van der Waals surface area contributed by atoms with E-state index in [0.717, 1.165) is 32.1 Å². The zero-order valence-electron chi connectivity index (χ0n) is 34.0. The highest BCUT2D eigenvalue weighted by atomic mass is 16.7. The molecule has 9 unspecified atom stereocenters. The summed E-state index contributed by atoms with van der Waals surface area (Å²) in [5, 5.41) is 75.2. The lowest BCUT2D eigenvalue weighted by atomic mass is 9.98. The van der Waals surface area contributed by atoms with Crippen molar-refractivity contribution >= 4 is 5.91 Å². The summed E-state index contributed by atoms with van der Waals surface area (Å²) in [5.74, 6) is -0.713. The number of nitrogens with one attached hydrogen (secondary N) is 1. The van der Waals surface area contributed by atoms with Crippen LogP contribution in [0.2, 0.25) is 0 Å². The molecule has 318 valence electrons. The lowest BCUT2D eigenvalue weighted by Crippen LogP contribution is -2.60. The van der Waals surface area contributed by atoms with E-state index in [1.165, 1.54) is 96.3 Å². The van der Waals surface area contributed by atoms with Gasteiger partial charge in [-0.15, -0.1) is 0 Å². The molecule has 1 fully saturated rings. The second-order valence-corrected chi connectivity index (χ2v) is 15.4.